The second kappa shape index (κ2) is 9.93. The second-order valence-electron chi connectivity index (χ2n) is 6.96. The molecule has 27 heavy (non-hydrogen) atoms. The highest BCUT2D eigenvalue weighted by atomic mass is 35.5. The lowest BCUT2D eigenvalue weighted by atomic mass is 10.1. The van der Waals surface area contributed by atoms with E-state index in [4.69, 9.17) is 16.3 Å². The fourth-order valence-corrected chi connectivity index (χ4v) is 3.41. The van der Waals surface area contributed by atoms with Crippen LogP contribution >= 0.6 is 11.6 Å². The van der Waals surface area contributed by atoms with Crippen LogP contribution in [0.2, 0.25) is 5.02 Å². The number of nitrogens with zero attached hydrogens (tertiary/aromatic N) is 1. The molecule has 148 valence electrons. The van der Waals surface area contributed by atoms with Crippen LogP contribution in [0.15, 0.2) is 24.3 Å². The summed E-state index contributed by atoms with van der Waals surface area (Å²) in [7, 11) is 0. The maximum atomic E-state index is 11.9. The Bertz CT molecular complexity index is 784. The van der Waals surface area contributed by atoms with Gasteiger partial charge in [0.05, 0.1) is 11.7 Å². The smallest absolute Gasteiger partial charge is 0.337 e. The Balaban J connectivity index is 2.14. The maximum Gasteiger partial charge on any atom is 0.337 e. The number of rotatable bonds is 10. The lowest BCUT2D eigenvalue weighted by Gasteiger charge is -2.12. The Morgan fingerprint density at radius 1 is 1.26 bits per heavy atom. The molecule has 0 aliphatic heterocycles. The molecule has 0 unspecified atom stereocenters. The van der Waals surface area contributed by atoms with Crippen LogP contribution in [0.1, 0.15) is 53.1 Å². The molecule has 5 nitrogen and oxygen atoms in total. The van der Waals surface area contributed by atoms with Crippen LogP contribution in [0.25, 0.3) is 0 Å². The first-order valence-corrected chi connectivity index (χ1v) is 9.68. The van der Waals surface area contributed by atoms with E-state index in [2.05, 4.69) is 5.32 Å². The number of aromatic nitrogens is 1. The average Bonchev–Trinajstić information content (AvgIpc) is 2.84. The number of ether oxygens (including phenoxy) is 1. The van der Waals surface area contributed by atoms with Gasteiger partial charge in [-0.05, 0) is 52.3 Å². The van der Waals surface area contributed by atoms with Crippen molar-refractivity contribution < 1.29 is 14.6 Å². The minimum Gasteiger partial charge on any atom is -0.478 e. The number of carboxylic acids is 1. The molecule has 1 aromatic carbocycles. The molecule has 1 heterocycles. The van der Waals surface area contributed by atoms with Gasteiger partial charge in [-0.1, -0.05) is 29.8 Å². The number of carbonyl (C=O) groups is 1. The molecule has 2 aromatic rings. The van der Waals surface area contributed by atoms with Crippen molar-refractivity contribution in [1.82, 2.24) is 9.88 Å². The van der Waals surface area contributed by atoms with Gasteiger partial charge >= 0.3 is 5.97 Å². The van der Waals surface area contributed by atoms with E-state index < -0.39 is 5.97 Å². The molecule has 0 saturated heterocycles. The molecule has 1 aromatic heterocycles. The first-order valence-electron chi connectivity index (χ1n) is 9.30. The molecular weight excluding hydrogens is 364 g/mol. The highest BCUT2D eigenvalue weighted by molar-refractivity contribution is 6.31. The number of carboxylic acid groups (broad SMARTS) is 1. The van der Waals surface area contributed by atoms with E-state index in [9.17, 15) is 9.90 Å². The lowest BCUT2D eigenvalue weighted by Crippen LogP contribution is -2.19. The summed E-state index contributed by atoms with van der Waals surface area (Å²) >= 11 is 6.29. The van der Waals surface area contributed by atoms with Crippen molar-refractivity contribution in [3.05, 3.63) is 57.4 Å². The van der Waals surface area contributed by atoms with Gasteiger partial charge in [0, 0.05) is 41.7 Å². The Kier molecular flexibility index (Phi) is 7.90. The largest absolute Gasteiger partial charge is 0.478 e. The van der Waals surface area contributed by atoms with Crippen LogP contribution < -0.4 is 5.32 Å². The zero-order valence-corrected chi connectivity index (χ0v) is 17.3. The molecule has 2 N–H and O–H groups in total. The van der Waals surface area contributed by atoms with Gasteiger partial charge in [0.2, 0.25) is 0 Å². The third-order valence-corrected chi connectivity index (χ3v) is 5.03. The predicted molar refractivity (Wildman–Crippen MR) is 109 cm³/mol. The Labute approximate surface area is 166 Å². The minimum absolute atomic E-state index is 0.229. The second-order valence-corrected chi connectivity index (χ2v) is 7.36. The number of benzene rings is 1. The predicted octanol–water partition coefficient (Wildman–Crippen LogP) is 4.41. The van der Waals surface area contributed by atoms with Gasteiger partial charge in [-0.2, -0.15) is 0 Å². The van der Waals surface area contributed by atoms with Crippen LogP contribution in [-0.4, -0.2) is 34.9 Å². The normalized spacial score (nSPS) is 11.3. The van der Waals surface area contributed by atoms with Crippen LogP contribution in [0.3, 0.4) is 0 Å². The summed E-state index contributed by atoms with van der Waals surface area (Å²) in [5.41, 5.74) is 3.89. The van der Waals surface area contributed by atoms with Gasteiger partial charge in [-0.25, -0.2) is 4.79 Å². The number of aromatic carboxylic acids is 1. The molecule has 2 rings (SSSR count). The standard InChI is InChI=1S/C21H29ClN2O3/c1-14(2)27-11-7-10-23-12-18-15(3)24(16(4)20(18)21(25)26)13-17-8-5-6-9-19(17)22/h5-6,8-9,14,23H,7,10-13H2,1-4H3,(H,25,26). The summed E-state index contributed by atoms with van der Waals surface area (Å²) in [6.07, 6.45) is 1.12. The van der Waals surface area contributed by atoms with Gasteiger partial charge < -0.3 is 19.7 Å². The van der Waals surface area contributed by atoms with Crippen LogP contribution in [0.4, 0.5) is 0 Å². The van der Waals surface area contributed by atoms with Crippen molar-refractivity contribution in [3.8, 4) is 0 Å². The van der Waals surface area contributed by atoms with Gasteiger partial charge in [-0.3, -0.25) is 0 Å². The van der Waals surface area contributed by atoms with E-state index in [0.29, 0.717) is 30.3 Å². The zero-order chi connectivity index (χ0) is 20.0. The van der Waals surface area contributed by atoms with Gasteiger partial charge in [0.15, 0.2) is 0 Å². The SMILES string of the molecule is Cc1c(CNCCCOC(C)C)c(C(=O)O)c(C)n1Cc1ccccc1Cl. The Morgan fingerprint density at radius 3 is 2.59 bits per heavy atom. The third kappa shape index (κ3) is 5.58. The maximum absolute atomic E-state index is 11.9. The molecular formula is C21H29ClN2O3. The molecule has 0 aliphatic rings. The quantitative estimate of drug-likeness (QED) is 0.588. The van der Waals surface area contributed by atoms with Crippen molar-refractivity contribution in [2.24, 2.45) is 0 Å². The van der Waals surface area contributed by atoms with E-state index >= 15 is 0 Å². The molecule has 0 atom stereocenters. The number of halogens is 1. The van der Waals surface area contributed by atoms with Crippen molar-refractivity contribution in [1.29, 1.82) is 0 Å². The molecule has 0 radical (unpaired) electrons. The van der Waals surface area contributed by atoms with Crippen LogP contribution in [-0.2, 0) is 17.8 Å². The molecule has 0 saturated carbocycles. The highest BCUT2D eigenvalue weighted by Gasteiger charge is 2.22. The summed E-state index contributed by atoms with van der Waals surface area (Å²) < 4.78 is 7.56. The Morgan fingerprint density at radius 2 is 1.96 bits per heavy atom. The highest BCUT2D eigenvalue weighted by Crippen LogP contribution is 2.25. The molecule has 0 aliphatic carbocycles. The number of hydrogen-bond acceptors (Lipinski definition) is 3. The first kappa shape index (κ1) is 21.5. The van der Waals surface area contributed by atoms with Crippen molar-refractivity contribution in [3.63, 3.8) is 0 Å². The minimum atomic E-state index is -0.895. The lowest BCUT2D eigenvalue weighted by molar-refractivity contribution is 0.0693. The van der Waals surface area contributed by atoms with E-state index in [-0.39, 0.29) is 6.10 Å². The van der Waals surface area contributed by atoms with Crippen molar-refractivity contribution in [2.75, 3.05) is 13.2 Å². The summed E-state index contributed by atoms with van der Waals surface area (Å²) in [4.78, 5) is 11.9. The fraction of sp³-hybridized carbons (Fsp3) is 0.476. The van der Waals surface area contributed by atoms with E-state index in [0.717, 1.165) is 35.5 Å². The molecule has 0 fully saturated rings. The molecule has 0 bridgehead atoms. The van der Waals surface area contributed by atoms with E-state index in [1.165, 1.54) is 0 Å². The van der Waals surface area contributed by atoms with Crippen LogP contribution in [0, 0.1) is 13.8 Å². The van der Waals surface area contributed by atoms with E-state index in [1.807, 2.05) is 56.5 Å². The topological polar surface area (TPSA) is 63.5 Å². The fourth-order valence-electron chi connectivity index (χ4n) is 3.21. The summed E-state index contributed by atoms with van der Waals surface area (Å²) in [6, 6.07) is 7.65. The molecule has 0 spiro atoms. The van der Waals surface area contributed by atoms with Crippen molar-refractivity contribution in [2.45, 2.75) is 53.3 Å². The van der Waals surface area contributed by atoms with Crippen molar-refractivity contribution >= 4 is 17.6 Å². The summed E-state index contributed by atoms with van der Waals surface area (Å²) in [6.45, 7) is 10.4. The van der Waals surface area contributed by atoms with E-state index in [1.54, 1.807) is 0 Å². The number of hydrogen-bond donors (Lipinski definition) is 2. The number of nitrogens with one attached hydrogen (secondary N) is 1. The van der Waals surface area contributed by atoms with Gasteiger partial charge in [0.25, 0.3) is 0 Å². The molecule has 0 amide bonds. The third-order valence-electron chi connectivity index (χ3n) is 4.66. The Hall–Kier alpha value is -1.82. The first-order chi connectivity index (χ1) is 12.8. The summed E-state index contributed by atoms with van der Waals surface area (Å²) in [5.74, 6) is -0.895. The van der Waals surface area contributed by atoms with Gasteiger partial charge in [-0.15, -0.1) is 0 Å². The van der Waals surface area contributed by atoms with Crippen LogP contribution in [0.5, 0.6) is 0 Å². The molecule has 6 heteroatoms. The zero-order valence-electron chi connectivity index (χ0n) is 16.5. The average molecular weight is 393 g/mol. The monoisotopic (exact) mass is 392 g/mol. The summed E-state index contributed by atoms with van der Waals surface area (Å²) in [5, 5.41) is 13.8. The van der Waals surface area contributed by atoms with Gasteiger partial charge in [0.1, 0.15) is 0 Å².